The fourth-order valence-electron chi connectivity index (χ4n) is 3.68. The van der Waals surface area contributed by atoms with Crippen LogP contribution in [0.15, 0.2) is 48.0 Å². The molecule has 27 heavy (non-hydrogen) atoms. The second-order valence-corrected chi connectivity index (χ2v) is 7.90. The minimum absolute atomic E-state index is 0.184. The molecule has 140 valence electrons. The van der Waals surface area contributed by atoms with Gasteiger partial charge in [-0.15, -0.1) is 11.3 Å². The third kappa shape index (κ3) is 3.68. The molecule has 4 rings (SSSR count). The minimum atomic E-state index is 0.184. The molecule has 0 saturated carbocycles. The molecule has 1 unspecified atom stereocenters. The highest BCUT2D eigenvalue weighted by molar-refractivity contribution is 7.10. The molecule has 0 saturated heterocycles. The summed E-state index contributed by atoms with van der Waals surface area (Å²) in [4.78, 5) is 8.05. The van der Waals surface area contributed by atoms with E-state index < -0.39 is 0 Å². The first-order valence-corrected chi connectivity index (χ1v) is 10.1. The van der Waals surface area contributed by atoms with E-state index in [1.54, 1.807) is 25.6 Å². The van der Waals surface area contributed by atoms with Crippen molar-refractivity contribution in [2.24, 2.45) is 0 Å². The van der Waals surface area contributed by atoms with E-state index in [9.17, 15) is 0 Å². The zero-order chi connectivity index (χ0) is 18.8. The molecule has 0 amide bonds. The standard InChI is InChI=1S/C21H21ClN2O2S/c1-25-17-10-15-7-8-24(13-14-5-6-20(22)23-12-14)21(19-4-3-9-27-19)16(15)11-18(17)26-2/h3-6,9-12,21H,7-8,13H2,1-2H3. The molecule has 2 aromatic heterocycles. The van der Waals surface area contributed by atoms with Crippen LogP contribution in [-0.2, 0) is 13.0 Å². The summed E-state index contributed by atoms with van der Waals surface area (Å²) in [5.41, 5.74) is 3.75. The third-order valence-corrected chi connectivity index (χ3v) is 6.11. The Hall–Kier alpha value is -2.08. The highest BCUT2D eigenvalue weighted by atomic mass is 35.5. The molecule has 4 nitrogen and oxygen atoms in total. The maximum absolute atomic E-state index is 5.94. The van der Waals surface area contributed by atoms with Gasteiger partial charge in [0.2, 0.25) is 0 Å². The Kier molecular flexibility index (Phi) is 5.34. The summed E-state index contributed by atoms with van der Waals surface area (Å²) in [5.74, 6) is 1.56. The Morgan fingerprint density at radius 1 is 1.19 bits per heavy atom. The van der Waals surface area contributed by atoms with Crippen molar-refractivity contribution in [2.45, 2.75) is 19.0 Å². The lowest BCUT2D eigenvalue weighted by Crippen LogP contribution is -2.35. The van der Waals surface area contributed by atoms with E-state index in [1.807, 2.05) is 18.3 Å². The van der Waals surface area contributed by atoms with Crippen molar-refractivity contribution in [3.63, 3.8) is 0 Å². The van der Waals surface area contributed by atoms with Gasteiger partial charge in [0.15, 0.2) is 11.5 Å². The maximum Gasteiger partial charge on any atom is 0.161 e. The summed E-state index contributed by atoms with van der Waals surface area (Å²) < 4.78 is 11.1. The Morgan fingerprint density at radius 2 is 2.00 bits per heavy atom. The second kappa shape index (κ2) is 7.89. The first kappa shape index (κ1) is 18.3. The van der Waals surface area contributed by atoms with Gasteiger partial charge >= 0.3 is 0 Å². The van der Waals surface area contributed by atoms with E-state index in [0.29, 0.717) is 5.15 Å². The van der Waals surface area contributed by atoms with Crippen molar-refractivity contribution in [3.05, 3.63) is 74.7 Å². The molecular weight excluding hydrogens is 380 g/mol. The summed E-state index contributed by atoms with van der Waals surface area (Å²) in [5, 5.41) is 2.65. The number of nitrogens with zero attached hydrogens (tertiary/aromatic N) is 2. The number of benzene rings is 1. The minimum Gasteiger partial charge on any atom is -0.493 e. The lowest BCUT2D eigenvalue weighted by molar-refractivity contribution is 0.206. The molecule has 6 heteroatoms. The first-order chi connectivity index (χ1) is 13.2. The summed E-state index contributed by atoms with van der Waals surface area (Å²) in [6, 6.07) is 12.6. The lowest BCUT2D eigenvalue weighted by Gasteiger charge is -2.37. The number of ether oxygens (including phenoxy) is 2. The van der Waals surface area contributed by atoms with Gasteiger partial charge in [-0.1, -0.05) is 23.7 Å². The number of thiophene rings is 1. The average molecular weight is 401 g/mol. The van der Waals surface area contributed by atoms with Crippen LogP contribution in [0.1, 0.15) is 27.6 Å². The van der Waals surface area contributed by atoms with Gasteiger partial charge in [0, 0.05) is 24.2 Å². The smallest absolute Gasteiger partial charge is 0.161 e. The number of fused-ring (bicyclic) bond motifs is 1. The van der Waals surface area contributed by atoms with Crippen LogP contribution in [0.4, 0.5) is 0 Å². The van der Waals surface area contributed by atoms with Crippen LogP contribution in [0, 0.1) is 0 Å². The normalized spacial score (nSPS) is 16.8. The molecule has 1 aromatic carbocycles. The molecule has 0 spiro atoms. The first-order valence-electron chi connectivity index (χ1n) is 8.82. The lowest BCUT2D eigenvalue weighted by atomic mass is 9.90. The number of pyridine rings is 1. The van der Waals surface area contributed by atoms with E-state index in [4.69, 9.17) is 21.1 Å². The highest BCUT2D eigenvalue weighted by Crippen LogP contribution is 2.42. The summed E-state index contributed by atoms with van der Waals surface area (Å²) >= 11 is 7.73. The zero-order valence-corrected chi connectivity index (χ0v) is 16.9. The summed E-state index contributed by atoms with van der Waals surface area (Å²) in [6.07, 6.45) is 2.83. The number of aromatic nitrogens is 1. The van der Waals surface area contributed by atoms with E-state index in [-0.39, 0.29) is 6.04 Å². The number of halogens is 1. The van der Waals surface area contributed by atoms with Crippen LogP contribution < -0.4 is 9.47 Å². The van der Waals surface area contributed by atoms with Gasteiger partial charge in [-0.05, 0) is 52.8 Å². The number of methoxy groups -OCH3 is 2. The summed E-state index contributed by atoms with van der Waals surface area (Å²) in [7, 11) is 3.37. The molecule has 3 heterocycles. The van der Waals surface area contributed by atoms with Gasteiger partial charge in [0.1, 0.15) is 5.15 Å². The van der Waals surface area contributed by atoms with Crippen molar-refractivity contribution in [1.82, 2.24) is 9.88 Å². The monoisotopic (exact) mass is 400 g/mol. The van der Waals surface area contributed by atoms with Gasteiger partial charge in [0.05, 0.1) is 20.3 Å². The van der Waals surface area contributed by atoms with Crippen molar-refractivity contribution >= 4 is 22.9 Å². The van der Waals surface area contributed by atoms with Crippen LogP contribution in [0.2, 0.25) is 5.15 Å². The predicted octanol–water partition coefficient (Wildman–Crippen LogP) is 4.96. The molecular formula is C21H21ClN2O2S. The van der Waals surface area contributed by atoms with Crippen LogP contribution in [0.3, 0.4) is 0 Å². The van der Waals surface area contributed by atoms with Crippen LogP contribution >= 0.6 is 22.9 Å². The SMILES string of the molecule is COc1cc2c(cc1OC)C(c1cccs1)N(Cc1ccc(Cl)nc1)CC2. The van der Waals surface area contributed by atoms with Gasteiger partial charge in [-0.3, -0.25) is 4.90 Å². The van der Waals surface area contributed by atoms with Crippen LogP contribution in [-0.4, -0.2) is 30.6 Å². The predicted molar refractivity (Wildman–Crippen MR) is 109 cm³/mol. The maximum atomic E-state index is 5.94. The number of hydrogen-bond acceptors (Lipinski definition) is 5. The van der Waals surface area contributed by atoms with Gasteiger partial charge in [-0.2, -0.15) is 0 Å². The van der Waals surface area contributed by atoms with E-state index in [0.717, 1.165) is 36.6 Å². The Balaban J connectivity index is 1.75. The molecule has 0 fully saturated rings. The van der Waals surface area contributed by atoms with E-state index in [2.05, 4.69) is 39.5 Å². The number of rotatable bonds is 5. The molecule has 0 aliphatic carbocycles. The van der Waals surface area contributed by atoms with Gasteiger partial charge in [-0.25, -0.2) is 4.98 Å². The zero-order valence-electron chi connectivity index (χ0n) is 15.3. The Bertz CT molecular complexity index is 913. The quantitative estimate of drug-likeness (QED) is 0.567. The summed E-state index contributed by atoms with van der Waals surface area (Å²) in [6.45, 7) is 1.79. The highest BCUT2D eigenvalue weighted by Gasteiger charge is 2.31. The molecule has 1 aliphatic heterocycles. The fourth-order valence-corrected chi connectivity index (χ4v) is 4.67. The molecule has 1 aliphatic rings. The topological polar surface area (TPSA) is 34.6 Å². The van der Waals surface area contributed by atoms with Gasteiger partial charge < -0.3 is 9.47 Å². The van der Waals surface area contributed by atoms with Crippen LogP contribution in [0.25, 0.3) is 0 Å². The largest absolute Gasteiger partial charge is 0.493 e. The van der Waals surface area contributed by atoms with Crippen molar-refractivity contribution in [3.8, 4) is 11.5 Å². The molecule has 0 radical (unpaired) electrons. The van der Waals surface area contributed by atoms with Gasteiger partial charge in [0.25, 0.3) is 0 Å². The van der Waals surface area contributed by atoms with Crippen molar-refractivity contribution in [1.29, 1.82) is 0 Å². The molecule has 0 N–H and O–H groups in total. The fraction of sp³-hybridized carbons (Fsp3) is 0.286. The second-order valence-electron chi connectivity index (χ2n) is 6.53. The van der Waals surface area contributed by atoms with Crippen LogP contribution in [0.5, 0.6) is 11.5 Å². The van der Waals surface area contributed by atoms with E-state index >= 15 is 0 Å². The molecule has 1 atom stereocenters. The number of hydrogen-bond donors (Lipinski definition) is 0. The Labute approximate surface area is 168 Å². The van der Waals surface area contributed by atoms with E-state index in [1.165, 1.54) is 16.0 Å². The van der Waals surface area contributed by atoms with Crippen molar-refractivity contribution < 1.29 is 9.47 Å². The molecule has 0 bridgehead atoms. The third-order valence-electron chi connectivity index (χ3n) is 4.96. The average Bonchev–Trinajstić information content (AvgIpc) is 3.22. The molecule has 3 aromatic rings. The Morgan fingerprint density at radius 3 is 2.67 bits per heavy atom. The van der Waals surface area contributed by atoms with Crippen molar-refractivity contribution in [2.75, 3.05) is 20.8 Å².